The Balaban J connectivity index is 1.69. The van der Waals surface area contributed by atoms with Gasteiger partial charge in [-0.05, 0) is 78.5 Å². The number of likely N-dealkylation sites (tertiary alicyclic amines) is 1. The molecule has 1 saturated heterocycles. The lowest BCUT2D eigenvalue weighted by Crippen LogP contribution is -2.22. The van der Waals surface area contributed by atoms with Crippen molar-refractivity contribution in [3.63, 3.8) is 0 Å². The first kappa shape index (κ1) is 27.2. The zero-order valence-electron chi connectivity index (χ0n) is 20.4. The van der Waals surface area contributed by atoms with Crippen LogP contribution in [0.2, 0.25) is 10.0 Å². The SMILES string of the molecule is CCS(=O)(=O)c1ccc(C(C(N)=O)c2cc(Cl)c(-c3ccc(CN4CCCC4)c(C#N)c3)c(Cl)c2)cc1. The van der Waals surface area contributed by atoms with Crippen LogP contribution in [0.5, 0.6) is 0 Å². The third-order valence-electron chi connectivity index (χ3n) is 6.75. The highest BCUT2D eigenvalue weighted by Gasteiger charge is 2.24. The van der Waals surface area contributed by atoms with Gasteiger partial charge in [-0.3, -0.25) is 9.69 Å². The Morgan fingerprint density at radius 2 is 1.65 bits per heavy atom. The van der Waals surface area contributed by atoms with Gasteiger partial charge in [0.2, 0.25) is 5.91 Å². The van der Waals surface area contributed by atoms with E-state index in [4.69, 9.17) is 28.9 Å². The van der Waals surface area contributed by atoms with Crippen molar-refractivity contribution < 1.29 is 13.2 Å². The van der Waals surface area contributed by atoms with Gasteiger partial charge in [0, 0.05) is 12.1 Å². The number of nitriles is 1. The number of rotatable bonds is 8. The fraction of sp³-hybridized carbons (Fsp3) is 0.286. The monoisotopic (exact) mass is 555 g/mol. The van der Waals surface area contributed by atoms with Crippen LogP contribution in [0.15, 0.2) is 59.5 Å². The second-order valence-electron chi connectivity index (χ2n) is 9.13. The van der Waals surface area contributed by atoms with Crippen molar-refractivity contribution in [3.05, 3.63) is 86.9 Å². The van der Waals surface area contributed by atoms with Crippen molar-refractivity contribution in [2.75, 3.05) is 18.8 Å². The third-order valence-corrected chi connectivity index (χ3v) is 9.09. The molecule has 1 fully saturated rings. The second-order valence-corrected chi connectivity index (χ2v) is 12.2. The van der Waals surface area contributed by atoms with Gasteiger partial charge in [0.1, 0.15) is 0 Å². The summed E-state index contributed by atoms with van der Waals surface area (Å²) in [5.74, 6) is -1.52. The molecule has 0 spiro atoms. The molecule has 0 saturated carbocycles. The molecule has 1 aliphatic heterocycles. The van der Waals surface area contributed by atoms with Crippen LogP contribution in [-0.4, -0.2) is 38.1 Å². The van der Waals surface area contributed by atoms with Gasteiger partial charge in [0.15, 0.2) is 9.84 Å². The minimum atomic E-state index is -3.38. The highest BCUT2D eigenvalue weighted by Crippen LogP contribution is 2.39. The Labute approximate surface area is 227 Å². The number of carbonyl (C=O) groups excluding carboxylic acids is 1. The predicted molar refractivity (Wildman–Crippen MR) is 146 cm³/mol. The van der Waals surface area contributed by atoms with Crippen molar-refractivity contribution in [2.24, 2.45) is 5.73 Å². The van der Waals surface area contributed by atoms with Gasteiger partial charge >= 0.3 is 0 Å². The molecular weight excluding hydrogens is 529 g/mol. The van der Waals surface area contributed by atoms with E-state index in [0.29, 0.717) is 37.9 Å². The lowest BCUT2D eigenvalue weighted by atomic mass is 9.89. The van der Waals surface area contributed by atoms with E-state index in [-0.39, 0.29) is 10.6 Å². The van der Waals surface area contributed by atoms with Gasteiger partial charge in [-0.25, -0.2) is 8.42 Å². The average molecular weight is 557 g/mol. The van der Waals surface area contributed by atoms with E-state index in [1.54, 1.807) is 37.3 Å². The summed E-state index contributed by atoms with van der Waals surface area (Å²) in [6, 6.07) is 17.3. The molecule has 0 aromatic heterocycles. The van der Waals surface area contributed by atoms with Crippen molar-refractivity contribution in [3.8, 4) is 17.2 Å². The number of primary amides is 1. The topological polar surface area (TPSA) is 104 Å². The number of carbonyl (C=O) groups is 1. The second kappa shape index (κ2) is 11.2. The van der Waals surface area contributed by atoms with Gasteiger partial charge in [0.05, 0.1) is 38.2 Å². The zero-order valence-corrected chi connectivity index (χ0v) is 22.7. The van der Waals surface area contributed by atoms with Gasteiger partial charge in [-0.1, -0.05) is 54.4 Å². The average Bonchev–Trinajstić information content (AvgIpc) is 3.38. The Bertz CT molecular complexity index is 1450. The number of hydrogen-bond acceptors (Lipinski definition) is 5. The van der Waals surface area contributed by atoms with Crippen LogP contribution in [0.1, 0.15) is 47.9 Å². The molecule has 2 N–H and O–H groups in total. The molecule has 3 aromatic rings. The Kier molecular flexibility index (Phi) is 8.25. The fourth-order valence-corrected chi connectivity index (χ4v) is 6.35. The minimum Gasteiger partial charge on any atom is -0.369 e. The van der Waals surface area contributed by atoms with Gasteiger partial charge < -0.3 is 5.73 Å². The molecule has 37 heavy (non-hydrogen) atoms. The quantitative estimate of drug-likeness (QED) is 0.393. The Morgan fingerprint density at radius 3 is 2.19 bits per heavy atom. The van der Waals surface area contributed by atoms with Gasteiger partial charge in [0.25, 0.3) is 0 Å². The maximum atomic E-state index is 12.5. The van der Waals surface area contributed by atoms with Gasteiger partial charge in [-0.2, -0.15) is 5.26 Å². The van der Waals surface area contributed by atoms with Gasteiger partial charge in [-0.15, -0.1) is 0 Å². The molecule has 3 aromatic carbocycles. The lowest BCUT2D eigenvalue weighted by molar-refractivity contribution is -0.118. The molecule has 0 bridgehead atoms. The standard InChI is InChI=1S/C28H27Cl2N3O3S/c1-2-37(35,36)23-9-7-18(8-10-23)26(28(32)34)21-14-24(29)27(25(30)15-21)19-5-6-20(22(13-19)16-31)17-33-11-3-4-12-33/h5-10,13-15,26H,2-4,11-12,17H2,1H3,(H2,32,34). The molecule has 0 aliphatic carbocycles. The molecule has 0 radical (unpaired) electrons. The number of halogens is 2. The van der Waals surface area contributed by atoms with Crippen molar-refractivity contribution in [1.29, 1.82) is 5.26 Å². The number of benzene rings is 3. The van der Waals surface area contributed by atoms with Crippen molar-refractivity contribution in [2.45, 2.75) is 37.1 Å². The fourth-order valence-electron chi connectivity index (χ4n) is 4.75. The zero-order chi connectivity index (χ0) is 26.7. The van der Waals surface area contributed by atoms with Crippen molar-refractivity contribution in [1.82, 2.24) is 4.90 Å². The lowest BCUT2D eigenvalue weighted by Gasteiger charge is -2.19. The molecule has 9 heteroatoms. The summed E-state index contributed by atoms with van der Waals surface area (Å²) >= 11 is 13.4. The Hall–Kier alpha value is -2.89. The number of amides is 1. The van der Waals surface area contributed by atoms with E-state index in [1.807, 2.05) is 12.1 Å². The smallest absolute Gasteiger partial charge is 0.229 e. The van der Waals surface area contributed by atoms with E-state index in [0.717, 1.165) is 25.2 Å². The first-order valence-electron chi connectivity index (χ1n) is 12.0. The van der Waals surface area contributed by atoms with Crippen LogP contribution in [0.25, 0.3) is 11.1 Å². The third kappa shape index (κ3) is 5.83. The number of sulfone groups is 1. The summed E-state index contributed by atoms with van der Waals surface area (Å²) in [5.41, 5.74) is 9.54. The molecule has 4 rings (SSSR count). The van der Waals surface area contributed by atoms with E-state index in [1.165, 1.54) is 25.0 Å². The maximum absolute atomic E-state index is 12.5. The Morgan fingerprint density at radius 1 is 1.03 bits per heavy atom. The number of nitrogens with two attached hydrogens (primary N) is 1. The minimum absolute atomic E-state index is 0.0228. The molecular formula is C28H27Cl2N3O3S. The summed E-state index contributed by atoms with van der Waals surface area (Å²) < 4.78 is 24.3. The van der Waals surface area contributed by atoms with Crippen LogP contribution in [0.4, 0.5) is 0 Å². The summed E-state index contributed by atoms with van der Waals surface area (Å²) in [4.78, 5) is 15.0. The van der Waals surface area contributed by atoms with E-state index in [9.17, 15) is 18.5 Å². The normalized spacial score (nSPS) is 14.9. The maximum Gasteiger partial charge on any atom is 0.229 e. The molecule has 6 nitrogen and oxygen atoms in total. The first-order valence-corrected chi connectivity index (χ1v) is 14.4. The van der Waals surface area contributed by atoms with Crippen LogP contribution < -0.4 is 5.73 Å². The van der Waals surface area contributed by atoms with E-state index in [2.05, 4.69) is 11.0 Å². The van der Waals surface area contributed by atoms with Crippen LogP contribution >= 0.6 is 23.2 Å². The van der Waals surface area contributed by atoms with E-state index >= 15 is 0 Å². The predicted octanol–water partition coefficient (Wildman–Crippen LogP) is 5.54. The summed E-state index contributed by atoms with van der Waals surface area (Å²) in [6.07, 6.45) is 2.34. The largest absolute Gasteiger partial charge is 0.369 e. The summed E-state index contributed by atoms with van der Waals surface area (Å²) in [6.45, 7) is 4.36. The highest BCUT2D eigenvalue weighted by atomic mass is 35.5. The summed E-state index contributed by atoms with van der Waals surface area (Å²) in [7, 11) is -3.38. The van der Waals surface area contributed by atoms with E-state index < -0.39 is 21.7 Å². The molecule has 1 unspecified atom stereocenters. The molecule has 1 atom stereocenters. The van der Waals surface area contributed by atoms with Crippen LogP contribution in [0, 0.1) is 11.3 Å². The number of nitrogens with zero attached hydrogens (tertiary/aromatic N) is 2. The van der Waals surface area contributed by atoms with Crippen LogP contribution in [-0.2, 0) is 21.2 Å². The highest BCUT2D eigenvalue weighted by molar-refractivity contribution is 7.91. The number of hydrogen-bond donors (Lipinski definition) is 1. The molecule has 1 aliphatic rings. The van der Waals surface area contributed by atoms with Crippen molar-refractivity contribution >= 4 is 38.9 Å². The van der Waals surface area contributed by atoms with Crippen LogP contribution in [0.3, 0.4) is 0 Å². The molecule has 1 amide bonds. The molecule has 1 heterocycles. The first-order chi connectivity index (χ1) is 17.6. The molecule has 192 valence electrons. The summed E-state index contributed by atoms with van der Waals surface area (Å²) in [5, 5.41) is 10.4.